The monoisotopic (exact) mass is 323 g/mol. The lowest BCUT2D eigenvalue weighted by Crippen LogP contribution is -2.38. The maximum Gasteiger partial charge on any atom is 0.222 e. The summed E-state index contributed by atoms with van der Waals surface area (Å²) in [5.41, 5.74) is 9.77. The van der Waals surface area contributed by atoms with Crippen LogP contribution < -0.4 is 16.4 Å². The molecule has 2 atom stereocenters. The second-order valence-electron chi connectivity index (χ2n) is 7.26. The van der Waals surface area contributed by atoms with Crippen molar-refractivity contribution in [3.05, 3.63) is 47.2 Å². The molecule has 2 aromatic rings. The third-order valence-corrected chi connectivity index (χ3v) is 5.30. The number of nitrogens with one attached hydrogen (secondary N) is 2. The smallest absolute Gasteiger partial charge is 0.222 e. The second kappa shape index (κ2) is 6.06. The van der Waals surface area contributed by atoms with Crippen molar-refractivity contribution >= 4 is 11.8 Å². The van der Waals surface area contributed by atoms with Gasteiger partial charge in [-0.1, -0.05) is 30.3 Å². The minimum atomic E-state index is 0.0360. The van der Waals surface area contributed by atoms with Crippen LogP contribution in [0.25, 0.3) is 0 Å². The van der Waals surface area contributed by atoms with E-state index in [1.807, 2.05) is 0 Å². The van der Waals surface area contributed by atoms with Gasteiger partial charge in [0, 0.05) is 23.6 Å². The first-order valence-electron chi connectivity index (χ1n) is 8.85. The average molecular weight is 323 g/mol. The van der Waals surface area contributed by atoms with E-state index in [1.54, 1.807) is 0 Å². The number of rotatable bonds is 3. The SMILES string of the molecule is CC1(Nc2nc(N)nc3c2CCCC3c2ccccc2)CCNC1. The van der Waals surface area contributed by atoms with Crippen LogP contribution >= 0.6 is 0 Å². The fraction of sp³-hybridized carbons (Fsp3) is 0.474. The Bertz CT molecular complexity index is 722. The van der Waals surface area contributed by atoms with Crippen molar-refractivity contribution in [2.75, 3.05) is 24.1 Å². The van der Waals surface area contributed by atoms with Gasteiger partial charge in [-0.2, -0.15) is 4.98 Å². The summed E-state index contributed by atoms with van der Waals surface area (Å²) >= 11 is 0. The van der Waals surface area contributed by atoms with E-state index in [2.05, 4.69) is 57.9 Å². The van der Waals surface area contributed by atoms with Crippen LogP contribution in [0.4, 0.5) is 11.8 Å². The van der Waals surface area contributed by atoms with Gasteiger partial charge in [-0.25, -0.2) is 4.98 Å². The molecule has 5 nitrogen and oxygen atoms in total. The van der Waals surface area contributed by atoms with Crippen molar-refractivity contribution in [3.8, 4) is 0 Å². The fourth-order valence-electron chi connectivity index (χ4n) is 4.00. The molecule has 1 aromatic carbocycles. The highest BCUT2D eigenvalue weighted by atomic mass is 15.2. The van der Waals surface area contributed by atoms with E-state index in [1.165, 1.54) is 11.1 Å². The molecule has 4 rings (SSSR count). The van der Waals surface area contributed by atoms with Gasteiger partial charge in [0.2, 0.25) is 5.95 Å². The first kappa shape index (κ1) is 15.4. The average Bonchev–Trinajstić information content (AvgIpc) is 3.01. The molecule has 1 aromatic heterocycles. The summed E-state index contributed by atoms with van der Waals surface area (Å²) in [6.07, 6.45) is 4.38. The third kappa shape index (κ3) is 2.84. The second-order valence-corrected chi connectivity index (χ2v) is 7.26. The molecule has 0 saturated carbocycles. The number of aromatic nitrogens is 2. The van der Waals surface area contributed by atoms with Gasteiger partial charge in [-0.05, 0) is 44.7 Å². The summed E-state index contributed by atoms with van der Waals surface area (Å²) in [4.78, 5) is 9.19. The maximum absolute atomic E-state index is 6.06. The number of hydrogen-bond acceptors (Lipinski definition) is 5. The van der Waals surface area contributed by atoms with Gasteiger partial charge in [0.15, 0.2) is 0 Å². The molecule has 0 amide bonds. The molecular formula is C19H25N5. The van der Waals surface area contributed by atoms with Crippen LogP contribution in [0.1, 0.15) is 48.9 Å². The molecule has 5 heteroatoms. The van der Waals surface area contributed by atoms with Gasteiger partial charge in [-0.3, -0.25) is 0 Å². The molecule has 1 aliphatic heterocycles. The Morgan fingerprint density at radius 2 is 2.08 bits per heavy atom. The van der Waals surface area contributed by atoms with Gasteiger partial charge < -0.3 is 16.4 Å². The Balaban J connectivity index is 1.74. The molecule has 1 aliphatic carbocycles. The zero-order valence-electron chi connectivity index (χ0n) is 14.2. The summed E-state index contributed by atoms with van der Waals surface area (Å²) in [5.74, 6) is 1.62. The first-order valence-corrected chi connectivity index (χ1v) is 8.85. The van der Waals surface area contributed by atoms with Crippen LogP contribution in [0, 0.1) is 0 Å². The Labute approximate surface area is 143 Å². The molecule has 1 saturated heterocycles. The van der Waals surface area contributed by atoms with Crippen LogP contribution in [-0.2, 0) is 6.42 Å². The Morgan fingerprint density at radius 1 is 1.25 bits per heavy atom. The third-order valence-electron chi connectivity index (χ3n) is 5.30. The minimum absolute atomic E-state index is 0.0360. The summed E-state index contributed by atoms with van der Waals surface area (Å²) in [6.45, 7) is 4.24. The molecule has 2 unspecified atom stereocenters. The van der Waals surface area contributed by atoms with Gasteiger partial charge in [0.1, 0.15) is 5.82 Å². The van der Waals surface area contributed by atoms with E-state index in [-0.39, 0.29) is 5.54 Å². The topological polar surface area (TPSA) is 75.9 Å². The molecule has 2 aliphatic rings. The normalized spacial score (nSPS) is 26.1. The van der Waals surface area contributed by atoms with E-state index in [0.29, 0.717) is 11.9 Å². The number of fused-ring (bicyclic) bond motifs is 1. The van der Waals surface area contributed by atoms with E-state index in [4.69, 9.17) is 5.73 Å². The van der Waals surface area contributed by atoms with Crippen LogP contribution in [0.5, 0.6) is 0 Å². The van der Waals surface area contributed by atoms with Crippen LogP contribution in [0.2, 0.25) is 0 Å². The highest BCUT2D eigenvalue weighted by Gasteiger charge is 2.32. The standard InChI is InChI=1S/C19H25N5/c1-19(10-11-21-12-19)24-17-15-9-5-8-14(13-6-3-2-4-7-13)16(15)22-18(20)23-17/h2-4,6-7,14,21H,5,8-12H2,1H3,(H3,20,22,23,24). The first-order chi connectivity index (χ1) is 11.6. The van der Waals surface area contributed by atoms with Gasteiger partial charge in [-0.15, -0.1) is 0 Å². The summed E-state index contributed by atoms with van der Waals surface area (Å²) in [6, 6.07) is 10.6. The minimum Gasteiger partial charge on any atom is -0.368 e. The van der Waals surface area contributed by atoms with E-state index >= 15 is 0 Å². The fourth-order valence-corrected chi connectivity index (χ4v) is 4.00. The molecule has 0 radical (unpaired) electrons. The summed E-state index contributed by atoms with van der Waals surface area (Å²) in [5, 5.41) is 7.09. The quantitative estimate of drug-likeness (QED) is 0.810. The highest BCUT2D eigenvalue weighted by Crippen LogP contribution is 2.39. The van der Waals surface area contributed by atoms with Crippen molar-refractivity contribution in [3.63, 3.8) is 0 Å². The summed E-state index contributed by atoms with van der Waals surface area (Å²) in [7, 11) is 0. The van der Waals surface area contributed by atoms with Crippen LogP contribution in [0.3, 0.4) is 0 Å². The molecule has 4 N–H and O–H groups in total. The van der Waals surface area contributed by atoms with Crippen molar-refractivity contribution in [2.24, 2.45) is 0 Å². The van der Waals surface area contributed by atoms with E-state index < -0.39 is 0 Å². The predicted molar refractivity (Wildman–Crippen MR) is 97.2 cm³/mol. The Hall–Kier alpha value is -2.14. The molecule has 2 heterocycles. The Morgan fingerprint density at radius 3 is 2.83 bits per heavy atom. The number of hydrogen-bond donors (Lipinski definition) is 3. The molecule has 126 valence electrons. The molecule has 0 spiro atoms. The van der Waals surface area contributed by atoms with Gasteiger partial charge in [0.05, 0.1) is 5.69 Å². The van der Waals surface area contributed by atoms with Crippen LogP contribution in [-0.4, -0.2) is 28.6 Å². The lowest BCUT2D eigenvalue weighted by molar-refractivity contribution is 0.555. The molecule has 0 bridgehead atoms. The van der Waals surface area contributed by atoms with Gasteiger partial charge in [0.25, 0.3) is 0 Å². The van der Waals surface area contributed by atoms with E-state index in [0.717, 1.165) is 50.3 Å². The highest BCUT2D eigenvalue weighted by molar-refractivity contribution is 5.55. The lowest BCUT2D eigenvalue weighted by Gasteiger charge is -2.31. The van der Waals surface area contributed by atoms with E-state index in [9.17, 15) is 0 Å². The predicted octanol–water partition coefficient (Wildman–Crippen LogP) is 2.69. The molecule has 24 heavy (non-hydrogen) atoms. The number of nitrogens with two attached hydrogens (primary N) is 1. The zero-order valence-corrected chi connectivity index (χ0v) is 14.2. The summed E-state index contributed by atoms with van der Waals surface area (Å²) < 4.78 is 0. The number of nitrogens with zero attached hydrogens (tertiary/aromatic N) is 2. The lowest BCUT2D eigenvalue weighted by atomic mass is 9.82. The maximum atomic E-state index is 6.06. The molecule has 1 fully saturated rings. The molecular weight excluding hydrogens is 298 g/mol. The Kier molecular flexibility index (Phi) is 3.88. The van der Waals surface area contributed by atoms with Gasteiger partial charge >= 0.3 is 0 Å². The van der Waals surface area contributed by atoms with Crippen molar-refractivity contribution in [1.82, 2.24) is 15.3 Å². The number of nitrogen functional groups attached to an aromatic ring is 1. The van der Waals surface area contributed by atoms with Crippen molar-refractivity contribution < 1.29 is 0 Å². The zero-order chi connectivity index (χ0) is 16.6. The largest absolute Gasteiger partial charge is 0.368 e. The number of benzene rings is 1. The van der Waals surface area contributed by atoms with Crippen molar-refractivity contribution in [1.29, 1.82) is 0 Å². The number of anilines is 2. The van der Waals surface area contributed by atoms with Crippen LogP contribution in [0.15, 0.2) is 30.3 Å². The van der Waals surface area contributed by atoms with Crippen molar-refractivity contribution in [2.45, 2.75) is 44.1 Å².